The zero-order chi connectivity index (χ0) is 22.2. The molecule has 0 atom stereocenters. The molecule has 0 radical (unpaired) electrons. The van der Waals surface area contributed by atoms with Crippen LogP contribution in [0.15, 0.2) is 42.5 Å². The molecule has 31 heavy (non-hydrogen) atoms. The van der Waals surface area contributed by atoms with Gasteiger partial charge in [0.15, 0.2) is 0 Å². The standard InChI is InChI=1S/C24H30ClN3O3/c1-17-10-13-28(14-11-17)22-9-8-20(16-21(22)24(30)26-12-3-15-31-2)27-23(29)18-4-6-19(25)7-5-18/h4-9,16-17H,3,10-15H2,1-2H3,(H,26,30)(H,27,29). The number of ether oxygens (including phenoxy) is 1. The molecule has 1 fully saturated rings. The number of carbonyl (C=O) groups excluding carboxylic acids is 2. The van der Waals surface area contributed by atoms with E-state index in [0.717, 1.165) is 38.0 Å². The first-order chi connectivity index (χ1) is 15.0. The zero-order valence-electron chi connectivity index (χ0n) is 18.1. The van der Waals surface area contributed by atoms with E-state index in [1.807, 2.05) is 12.1 Å². The Morgan fingerprint density at radius 2 is 1.81 bits per heavy atom. The predicted octanol–water partition coefficient (Wildman–Crippen LogP) is 4.59. The molecule has 0 saturated carbocycles. The van der Waals surface area contributed by atoms with E-state index in [1.54, 1.807) is 37.4 Å². The third-order valence-corrected chi connectivity index (χ3v) is 5.79. The van der Waals surface area contributed by atoms with Crippen LogP contribution in [-0.4, -0.2) is 45.2 Å². The molecule has 2 amide bonds. The van der Waals surface area contributed by atoms with Crippen LogP contribution in [0.1, 0.15) is 46.9 Å². The van der Waals surface area contributed by atoms with Crippen LogP contribution >= 0.6 is 11.6 Å². The summed E-state index contributed by atoms with van der Waals surface area (Å²) in [7, 11) is 1.64. The summed E-state index contributed by atoms with van der Waals surface area (Å²) >= 11 is 5.91. The van der Waals surface area contributed by atoms with Crippen molar-refractivity contribution in [3.63, 3.8) is 0 Å². The van der Waals surface area contributed by atoms with Gasteiger partial charge in [0, 0.05) is 55.3 Å². The Morgan fingerprint density at radius 1 is 1.10 bits per heavy atom. The van der Waals surface area contributed by atoms with Gasteiger partial charge in [-0.05, 0) is 67.6 Å². The van der Waals surface area contributed by atoms with Crippen molar-refractivity contribution in [2.75, 3.05) is 43.6 Å². The molecule has 0 aromatic heterocycles. The highest BCUT2D eigenvalue weighted by Crippen LogP contribution is 2.29. The Kier molecular flexibility index (Phi) is 8.32. The fraction of sp³-hybridized carbons (Fsp3) is 0.417. The minimum Gasteiger partial charge on any atom is -0.385 e. The van der Waals surface area contributed by atoms with Gasteiger partial charge in [0.1, 0.15) is 0 Å². The van der Waals surface area contributed by atoms with Gasteiger partial charge in [-0.3, -0.25) is 9.59 Å². The summed E-state index contributed by atoms with van der Waals surface area (Å²) in [4.78, 5) is 27.8. The van der Waals surface area contributed by atoms with Crippen molar-refractivity contribution >= 4 is 34.8 Å². The second-order valence-corrected chi connectivity index (χ2v) is 8.40. The number of piperidine rings is 1. The number of hydrogen-bond acceptors (Lipinski definition) is 4. The first-order valence-electron chi connectivity index (χ1n) is 10.7. The van der Waals surface area contributed by atoms with Gasteiger partial charge in [-0.25, -0.2) is 0 Å². The molecule has 1 aliphatic rings. The summed E-state index contributed by atoms with van der Waals surface area (Å²) in [5.41, 5.74) is 2.56. The number of hydrogen-bond donors (Lipinski definition) is 2. The first-order valence-corrected chi connectivity index (χ1v) is 11.1. The van der Waals surface area contributed by atoms with Crippen molar-refractivity contribution in [2.45, 2.75) is 26.2 Å². The third kappa shape index (κ3) is 6.45. The molecule has 2 aromatic rings. The average Bonchev–Trinajstić information content (AvgIpc) is 2.77. The number of nitrogens with one attached hydrogen (secondary N) is 2. The van der Waals surface area contributed by atoms with Gasteiger partial charge < -0.3 is 20.3 Å². The molecule has 1 aliphatic heterocycles. The highest BCUT2D eigenvalue weighted by atomic mass is 35.5. The fourth-order valence-corrected chi connectivity index (χ4v) is 3.77. The maximum absolute atomic E-state index is 13.0. The summed E-state index contributed by atoms with van der Waals surface area (Å²) in [6.45, 7) is 5.22. The van der Waals surface area contributed by atoms with Crippen molar-refractivity contribution in [1.82, 2.24) is 5.32 Å². The van der Waals surface area contributed by atoms with E-state index < -0.39 is 0 Å². The molecule has 0 aliphatic carbocycles. The molecule has 0 bridgehead atoms. The normalized spacial score (nSPS) is 14.4. The highest BCUT2D eigenvalue weighted by molar-refractivity contribution is 6.30. The van der Waals surface area contributed by atoms with Crippen molar-refractivity contribution in [3.8, 4) is 0 Å². The third-order valence-electron chi connectivity index (χ3n) is 5.54. The van der Waals surface area contributed by atoms with E-state index >= 15 is 0 Å². The summed E-state index contributed by atoms with van der Waals surface area (Å²) < 4.78 is 5.06. The number of rotatable bonds is 8. The predicted molar refractivity (Wildman–Crippen MR) is 125 cm³/mol. The van der Waals surface area contributed by atoms with Crippen LogP contribution < -0.4 is 15.5 Å². The van der Waals surface area contributed by atoms with Gasteiger partial charge in [-0.2, -0.15) is 0 Å². The number of amides is 2. The molecule has 2 aromatic carbocycles. The van der Waals surface area contributed by atoms with Gasteiger partial charge in [-0.1, -0.05) is 18.5 Å². The van der Waals surface area contributed by atoms with E-state index in [0.29, 0.717) is 40.9 Å². The van der Waals surface area contributed by atoms with Crippen molar-refractivity contribution in [3.05, 3.63) is 58.6 Å². The first kappa shape index (κ1) is 23.1. The molecule has 0 spiro atoms. The molecule has 0 unspecified atom stereocenters. The summed E-state index contributed by atoms with van der Waals surface area (Å²) in [5.74, 6) is 0.301. The smallest absolute Gasteiger partial charge is 0.255 e. The molecule has 1 saturated heterocycles. The highest BCUT2D eigenvalue weighted by Gasteiger charge is 2.22. The SMILES string of the molecule is COCCCNC(=O)c1cc(NC(=O)c2ccc(Cl)cc2)ccc1N1CCC(C)CC1. The lowest BCUT2D eigenvalue weighted by molar-refractivity contribution is 0.0947. The van der Waals surface area contributed by atoms with Gasteiger partial charge in [0.25, 0.3) is 11.8 Å². The zero-order valence-corrected chi connectivity index (χ0v) is 18.9. The van der Waals surface area contributed by atoms with Crippen molar-refractivity contribution in [2.24, 2.45) is 5.92 Å². The van der Waals surface area contributed by atoms with Crippen LogP contribution in [0, 0.1) is 5.92 Å². The number of carbonyl (C=O) groups is 2. The number of methoxy groups -OCH3 is 1. The maximum Gasteiger partial charge on any atom is 0.255 e. The van der Waals surface area contributed by atoms with Gasteiger partial charge in [-0.15, -0.1) is 0 Å². The second-order valence-electron chi connectivity index (χ2n) is 7.96. The number of nitrogens with zero attached hydrogens (tertiary/aromatic N) is 1. The molecule has 1 heterocycles. The van der Waals surface area contributed by atoms with E-state index in [1.165, 1.54) is 0 Å². The van der Waals surface area contributed by atoms with E-state index in [9.17, 15) is 9.59 Å². The lowest BCUT2D eigenvalue weighted by Crippen LogP contribution is -2.35. The Balaban J connectivity index is 1.80. The topological polar surface area (TPSA) is 70.7 Å². The largest absolute Gasteiger partial charge is 0.385 e. The van der Waals surface area contributed by atoms with Crippen LogP contribution in [0.5, 0.6) is 0 Å². The Labute approximate surface area is 188 Å². The number of anilines is 2. The van der Waals surface area contributed by atoms with Crippen LogP contribution in [0.4, 0.5) is 11.4 Å². The summed E-state index contributed by atoms with van der Waals surface area (Å²) in [5, 5.41) is 6.43. The lowest BCUT2D eigenvalue weighted by Gasteiger charge is -2.33. The van der Waals surface area contributed by atoms with Crippen molar-refractivity contribution in [1.29, 1.82) is 0 Å². The van der Waals surface area contributed by atoms with Crippen LogP contribution in [-0.2, 0) is 4.74 Å². The lowest BCUT2D eigenvalue weighted by atomic mass is 9.97. The van der Waals surface area contributed by atoms with E-state index in [-0.39, 0.29) is 11.8 Å². The molecular weight excluding hydrogens is 414 g/mol. The molecule has 7 heteroatoms. The van der Waals surface area contributed by atoms with Crippen LogP contribution in [0.3, 0.4) is 0 Å². The minimum atomic E-state index is -0.248. The summed E-state index contributed by atoms with van der Waals surface area (Å²) in [6, 6.07) is 12.2. The number of halogens is 1. The van der Waals surface area contributed by atoms with Crippen LogP contribution in [0.25, 0.3) is 0 Å². The van der Waals surface area contributed by atoms with E-state index in [4.69, 9.17) is 16.3 Å². The Hall–Kier alpha value is -2.57. The van der Waals surface area contributed by atoms with Crippen LogP contribution in [0.2, 0.25) is 5.02 Å². The second kappa shape index (κ2) is 11.2. The molecule has 6 nitrogen and oxygen atoms in total. The molecular formula is C24H30ClN3O3. The average molecular weight is 444 g/mol. The molecule has 3 rings (SSSR count). The quantitative estimate of drug-likeness (QED) is 0.585. The molecule has 2 N–H and O–H groups in total. The van der Waals surface area contributed by atoms with Gasteiger partial charge in [0.2, 0.25) is 0 Å². The fourth-order valence-electron chi connectivity index (χ4n) is 3.64. The van der Waals surface area contributed by atoms with E-state index in [2.05, 4.69) is 22.5 Å². The number of benzene rings is 2. The Morgan fingerprint density at radius 3 is 2.48 bits per heavy atom. The summed E-state index contributed by atoms with van der Waals surface area (Å²) in [6.07, 6.45) is 2.94. The van der Waals surface area contributed by atoms with Gasteiger partial charge in [0.05, 0.1) is 5.56 Å². The van der Waals surface area contributed by atoms with Gasteiger partial charge >= 0.3 is 0 Å². The molecule has 166 valence electrons. The Bertz CT molecular complexity index is 893. The van der Waals surface area contributed by atoms with Crippen molar-refractivity contribution < 1.29 is 14.3 Å². The monoisotopic (exact) mass is 443 g/mol. The maximum atomic E-state index is 13.0. The minimum absolute atomic E-state index is 0.146.